The van der Waals surface area contributed by atoms with E-state index in [-0.39, 0.29) is 24.9 Å². The molecule has 0 unspecified atom stereocenters. The average molecular weight is 333 g/mol. The van der Waals surface area contributed by atoms with E-state index in [2.05, 4.69) is 9.72 Å². The lowest BCUT2D eigenvalue weighted by atomic mass is 10.1. The third kappa shape index (κ3) is 3.16. The minimum atomic E-state index is -0.466. The molecular formula is C15H15N3O4S. The van der Waals surface area contributed by atoms with Gasteiger partial charge in [-0.1, -0.05) is 0 Å². The van der Waals surface area contributed by atoms with Crippen LogP contribution in [0.3, 0.4) is 0 Å². The summed E-state index contributed by atoms with van der Waals surface area (Å²) in [4.78, 5) is 43.0. The van der Waals surface area contributed by atoms with E-state index in [0.717, 1.165) is 10.2 Å². The summed E-state index contributed by atoms with van der Waals surface area (Å²) in [6, 6.07) is 5.34. The number of fused-ring (bicyclic) bond motifs is 1. The third-order valence-electron chi connectivity index (χ3n) is 3.73. The fraction of sp³-hybridized carbons (Fsp3) is 0.333. The maximum absolute atomic E-state index is 12.5. The van der Waals surface area contributed by atoms with Crippen LogP contribution in [0.25, 0.3) is 10.2 Å². The Morgan fingerprint density at radius 2 is 2.17 bits per heavy atom. The predicted octanol–water partition coefficient (Wildman–Crippen LogP) is 0.754. The molecule has 2 heterocycles. The fourth-order valence-corrected chi connectivity index (χ4v) is 3.10. The molecule has 2 aromatic rings. The predicted molar refractivity (Wildman–Crippen MR) is 84.1 cm³/mol. The third-order valence-corrected chi connectivity index (χ3v) is 4.54. The van der Waals surface area contributed by atoms with Crippen molar-refractivity contribution in [1.29, 1.82) is 0 Å². The molecule has 0 radical (unpaired) electrons. The summed E-state index contributed by atoms with van der Waals surface area (Å²) in [5.41, 5.74) is 3.02. The number of piperazine rings is 1. The van der Waals surface area contributed by atoms with E-state index in [1.165, 1.54) is 28.2 Å². The van der Waals surface area contributed by atoms with Gasteiger partial charge in [-0.25, -0.2) is 4.98 Å². The Kier molecular flexibility index (Phi) is 4.24. The summed E-state index contributed by atoms with van der Waals surface area (Å²) in [5, 5.41) is 0. The van der Waals surface area contributed by atoms with Gasteiger partial charge in [0.1, 0.15) is 13.1 Å². The zero-order valence-corrected chi connectivity index (χ0v) is 13.3. The van der Waals surface area contributed by atoms with Gasteiger partial charge in [0.05, 0.1) is 22.8 Å². The van der Waals surface area contributed by atoms with Crippen LogP contribution in [0.4, 0.5) is 0 Å². The zero-order chi connectivity index (χ0) is 16.4. The first-order valence-corrected chi connectivity index (χ1v) is 7.93. The van der Waals surface area contributed by atoms with E-state index < -0.39 is 5.97 Å². The maximum Gasteiger partial charge on any atom is 0.325 e. The second-order valence-electron chi connectivity index (χ2n) is 5.15. The summed E-state index contributed by atoms with van der Waals surface area (Å²) in [7, 11) is 1.28. The highest BCUT2D eigenvalue weighted by Crippen LogP contribution is 2.20. The first kappa shape index (κ1) is 15.4. The molecular weight excluding hydrogens is 318 g/mol. The quantitative estimate of drug-likeness (QED) is 0.775. The molecule has 7 nitrogen and oxygen atoms in total. The van der Waals surface area contributed by atoms with Crippen molar-refractivity contribution in [2.24, 2.45) is 0 Å². The van der Waals surface area contributed by atoms with Gasteiger partial charge < -0.3 is 14.5 Å². The summed E-state index contributed by atoms with van der Waals surface area (Å²) in [6.45, 7) is 0.586. The standard InChI is InChI=1S/C15H15N3O4S/c1-22-14(20)8-17-4-5-18(7-13(17)19)15(21)10-2-3-12-11(6-10)16-9-23-12/h2-3,6,9H,4-5,7-8H2,1H3. The molecule has 3 rings (SSSR count). The van der Waals surface area contributed by atoms with Gasteiger partial charge in [-0.3, -0.25) is 14.4 Å². The lowest BCUT2D eigenvalue weighted by Gasteiger charge is -2.33. The number of carbonyl (C=O) groups excluding carboxylic acids is 3. The molecule has 1 aromatic heterocycles. The molecule has 1 aliphatic heterocycles. The largest absolute Gasteiger partial charge is 0.468 e. The minimum Gasteiger partial charge on any atom is -0.468 e. The molecule has 0 bridgehead atoms. The number of aromatic nitrogens is 1. The Hall–Kier alpha value is -2.48. The second-order valence-corrected chi connectivity index (χ2v) is 6.04. The molecule has 0 N–H and O–H groups in total. The Labute approximate surface area is 136 Å². The van der Waals surface area contributed by atoms with E-state index >= 15 is 0 Å². The van der Waals surface area contributed by atoms with E-state index in [9.17, 15) is 14.4 Å². The molecule has 1 fully saturated rings. The molecule has 8 heteroatoms. The van der Waals surface area contributed by atoms with Crippen molar-refractivity contribution >= 4 is 39.3 Å². The number of hydrogen-bond donors (Lipinski definition) is 0. The molecule has 0 spiro atoms. The molecule has 2 amide bonds. The van der Waals surface area contributed by atoms with Crippen molar-refractivity contribution in [2.45, 2.75) is 0 Å². The average Bonchev–Trinajstić information content (AvgIpc) is 3.03. The summed E-state index contributed by atoms with van der Waals surface area (Å²) in [6.07, 6.45) is 0. The smallest absolute Gasteiger partial charge is 0.325 e. The highest BCUT2D eigenvalue weighted by Gasteiger charge is 2.29. The molecule has 1 saturated heterocycles. The van der Waals surface area contributed by atoms with E-state index in [1.54, 1.807) is 17.6 Å². The minimum absolute atomic E-state index is 0.0368. The zero-order valence-electron chi connectivity index (χ0n) is 12.5. The number of benzene rings is 1. The van der Waals surface area contributed by atoms with Crippen molar-refractivity contribution < 1.29 is 19.1 Å². The molecule has 0 saturated carbocycles. The molecule has 23 heavy (non-hydrogen) atoms. The van der Waals surface area contributed by atoms with Crippen LogP contribution in [0.1, 0.15) is 10.4 Å². The van der Waals surface area contributed by atoms with Gasteiger partial charge in [-0.05, 0) is 18.2 Å². The van der Waals surface area contributed by atoms with Gasteiger partial charge in [-0.15, -0.1) is 11.3 Å². The Balaban J connectivity index is 1.69. The van der Waals surface area contributed by atoms with Crippen LogP contribution < -0.4 is 0 Å². The van der Waals surface area contributed by atoms with Crippen molar-refractivity contribution in [2.75, 3.05) is 33.3 Å². The summed E-state index contributed by atoms with van der Waals surface area (Å²) in [5.74, 6) is -0.928. The number of rotatable bonds is 3. The van der Waals surface area contributed by atoms with Gasteiger partial charge in [0.25, 0.3) is 5.91 Å². The van der Waals surface area contributed by atoms with Gasteiger partial charge >= 0.3 is 5.97 Å². The highest BCUT2D eigenvalue weighted by molar-refractivity contribution is 7.16. The van der Waals surface area contributed by atoms with Crippen LogP contribution in [0.15, 0.2) is 23.7 Å². The number of esters is 1. The molecule has 1 aromatic carbocycles. The van der Waals surface area contributed by atoms with Crippen LogP contribution in [0, 0.1) is 0 Å². The molecule has 0 atom stereocenters. The molecule has 1 aliphatic rings. The van der Waals surface area contributed by atoms with Crippen molar-refractivity contribution in [3.05, 3.63) is 29.3 Å². The van der Waals surface area contributed by atoms with Crippen LogP contribution in [-0.2, 0) is 14.3 Å². The van der Waals surface area contributed by atoms with E-state index in [0.29, 0.717) is 18.7 Å². The lowest BCUT2D eigenvalue weighted by Crippen LogP contribution is -2.53. The van der Waals surface area contributed by atoms with E-state index in [4.69, 9.17) is 0 Å². The van der Waals surface area contributed by atoms with Crippen LogP contribution >= 0.6 is 11.3 Å². The first-order valence-electron chi connectivity index (χ1n) is 7.05. The number of thiazole rings is 1. The van der Waals surface area contributed by atoms with Gasteiger partial charge in [0, 0.05) is 18.7 Å². The number of hydrogen-bond acceptors (Lipinski definition) is 6. The summed E-state index contributed by atoms with van der Waals surface area (Å²) < 4.78 is 5.57. The van der Waals surface area contributed by atoms with Crippen LogP contribution in [0.2, 0.25) is 0 Å². The normalized spacial score (nSPS) is 15.1. The van der Waals surface area contributed by atoms with Crippen molar-refractivity contribution in [3.63, 3.8) is 0 Å². The lowest BCUT2D eigenvalue weighted by molar-refractivity contribution is -0.148. The number of nitrogens with zero attached hydrogens (tertiary/aromatic N) is 3. The van der Waals surface area contributed by atoms with Gasteiger partial charge in [-0.2, -0.15) is 0 Å². The highest BCUT2D eigenvalue weighted by atomic mass is 32.1. The molecule has 120 valence electrons. The Morgan fingerprint density at radius 1 is 1.35 bits per heavy atom. The summed E-state index contributed by atoms with van der Waals surface area (Å²) >= 11 is 1.51. The maximum atomic E-state index is 12.5. The van der Waals surface area contributed by atoms with Crippen LogP contribution in [-0.4, -0.2) is 65.9 Å². The van der Waals surface area contributed by atoms with Crippen molar-refractivity contribution in [1.82, 2.24) is 14.8 Å². The molecule has 0 aliphatic carbocycles. The van der Waals surface area contributed by atoms with E-state index in [1.807, 2.05) is 6.07 Å². The Bertz CT molecular complexity index is 773. The number of amides is 2. The SMILES string of the molecule is COC(=O)CN1CCN(C(=O)c2ccc3scnc3c2)CC1=O. The number of methoxy groups -OCH3 is 1. The number of carbonyl (C=O) groups is 3. The van der Waals surface area contributed by atoms with Gasteiger partial charge in [0.2, 0.25) is 5.91 Å². The second kappa shape index (κ2) is 6.33. The first-order chi connectivity index (χ1) is 11.1. The Morgan fingerprint density at radius 3 is 2.91 bits per heavy atom. The van der Waals surface area contributed by atoms with Crippen molar-refractivity contribution in [3.8, 4) is 0 Å². The monoisotopic (exact) mass is 333 g/mol. The fourth-order valence-electron chi connectivity index (χ4n) is 2.44. The van der Waals surface area contributed by atoms with Crippen LogP contribution in [0.5, 0.6) is 0 Å². The number of ether oxygens (including phenoxy) is 1. The topological polar surface area (TPSA) is 79.8 Å². The van der Waals surface area contributed by atoms with Gasteiger partial charge in [0.15, 0.2) is 0 Å².